The summed E-state index contributed by atoms with van der Waals surface area (Å²) >= 11 is 1.51. The van der Waals surface area contributed by atoms with Gasteiger partial charge in [-0.2, -0.15) is 0 Å². The van der Waals surface area contributed by atoms with Crippen molar-refractivity contribution in [1.82, 2.24) is 10.6 Å². The number of carbonyl (C=O) groups is 1. The smallest absolute Gasteiger partial charge is 0.262 e. The first-order valence-corrected chi connectivity index (χ1v) is 7.87. The number of carbonyl (C=O) groups excluding carboxylic acids is 1. The molecule has 1 aliphatic rings. The van der Waals surface area contributed by atoms with Crippen molar-refractivity contribution < 1.29 is 4.79 Å². The standard InChI is InChI=1S/C16H18N2OS.ClH/c19-16(18-13-7-4-9-17-11-13)15-14(8-10-20-15)12-5-2-1-3-6-12;/h1-3,5-6,8,10,13,17H,4,7,9,11H2,(H,18,19);1H/t13-;/m0./s1. The molecule has 0 unspecified atom stereocenters. The summed E-state index contributed by atoms with van der Waals surface area (Å²) in [6, 6.07) is 12.3. The molecule has 0 bridgehead atoms. The molecular formula is C16H19ClN2OS. The molecule has 1 amide bonds. The van der Waals surface area contributed by atoms with Crippen LogP contribution in [0.25, 0.3) is 11.1 Å². The molecule has 1 aliphatic heterocycles. The fourth-order valence-corrected chi connectivity index (χ4v) is 3.38. The number of rotatable bonds is 3. The van der Waals surface area contributed by atoms with Crippen molar-refractivity contribution in [2.45, 2.75) is 18.9 Å². The van der Waals surface area contributed by atoms with Gasteiger partial charge in [-0.3, -0.25) is 4.79 Å². The van der Waals surface area contributed by atoms with Gasteiger partial charge < -0.3 is 10.6 Å². The maximum absolute atomic E-state index is 12.4. The minimum Gasteiger partial charge on any atom is -0.347 e. The minimum atomic E-state index is 0. The summed E-state index contributed by atoms with van der Waals surface area (Å²) in [5.74, 6) is 0.0487. The SMILES string of the molecule is Cl.O=C(N[C@H]1CCCNC1)c1sccc1-c1ccccc1. The van der Waals surface area contributed by atoms with Crippen molar-refractivity contribution >= 4 is 29.7 Å². The second-order valence-electron chi connectivity index (χ2n) is 5.05. The number of amides is 1. The van der Waals surface area contributed by atoms with Crippen LogP contribution in [0, 0.1) is 0 Å². The number of hydrogen-bond acceptors (Lipinski definition) is 3. The summed E-state index contributed by atoms with van der Waals surface area (Å²) in [5.41, 5.74) is 2.12. The van der Waals surface area contributed by atoms with E-state index in [-0.39, 0.29) is 24.4 Å². The number of hydrogen-bond donors (Lipinski definition) is 2. The van der Waals surface area contributed by atoms with E-state index in [2.05, 4.69) is 10.6 Å². The van der Waals surface area contributed by atoms with Gasteiger partial charge in [-0.15, -0.1) is 23.7 Å². The van der Waals surface area contributed by atoms with E-state index in [1.54, 1.807) is 0 Å². The second-order valence-corrected chi connectivity index (χ2v) is 5.96. The zero-order chi connectivity index (χ0) is 13.8. The van der Waals surface area contributed by atoms with Gasteiger partial charge in [-0.05, 0) is 36.4 Å². The van der Waals surface area contributed by atoms with E-state index in [9.17, 15) is 4.79 Å². The lowest BCUT2D eigenvalue weighted by molar-refractivity contribution is 0.0935. The molecule has 1 aromatic heterocycles. The molecule has 1 fully saturated rings. The Kier molecular flexibility index (Phi) is 5.79. The normalized spacial score (nSPS) is 17.8. The molecule has 2 N–H and O–H groups in total. The van der Waals surface area contributed by atoms with Crippen molar-refractivity contribution in [3.8, 4) is 11.1 Å². The molecule has 3 nitrogen and oxygen atoms in total. The maximum atomic E-state index is 12.4. The third-order valence-corrected chi connectivity index (χ3v) is 4.50. The summed E-state index contributed by atoms with van der Waals surface area (Å²) in [6.07, 6.45) is 2.19. The summed E-state index contributed by atoms with van der Waals surface area (Å²) in [5, 5.41) is 8.44. The van der Waals surface area contributed by atoms with Gasteiger partial charge in [0.2, 0.25) is 0 Å². The number of halogens is 1. The molecule has 3 rings (SSSR count). The number of benzene rings is 1. The van der Waals surface area contributed by atoms with Crippen LogP contribution in [-0.2, 0) is 0 Å². The van der Waals surface area contributed by atoms with Gasteiger partial charge in [0, 0.05) is 18.2 Å². The monoisotopic (exact) mass is 322 g/mol. The third kappa shape index (κ3) is 3.84. The summed E-state index contributed by atoms with van der Waals surface area (Å²) in [6.45, 7) is 1.93. The van der Waals surface area contributed by atoms with Crippen molar-refractivity contribution in [1.29, 1.82) is 0 Å². The second kappa shape index (κ2) is 7.59. The maximum Gasteiger partial charge on any atom is 0.262 e. The van der Waals surface area contributed by atoms with Crippen LogP contribution in [0.15, 0.2) is 41.8 Å². The van der Waals surface area contributed by atoms with Gasteiger partial charge in [-0.1, -0.05) is 30.3 Å². The highest BCUT2D eigenvalue weighted by Crippen LogP contribution is 2.28. The van der Waals surface area contributed by atoms with E-state index < -0.39 is 0 Å². The van der Waals surface area contributed by atoms with Gasteiger partial charge >= 0.3 is 0 Å². The van der Waals surface area contributed by atoms with Crippen molar-refractivity contribution in [3.63, 3.8) is 0 Å². The molecule has 1 aromatic carbocycles. The quantitative estimate of drug-likeness (QED) is 0.910. The van der Waals surface area contributed by atoms with Crippen LogP contribution in [-0.4, -0.2) is 25.0 Å². The number of nitrogens with one attached hydrogen (secondary N) is 2. The molecule has 0 spiro atoms. The fourth-order valence-electron chi connectivity index (χ4n) is 2.56. The Morgan fingerprint density at radius 3 is 2.76 bits per heavy atom. The van der Waals surface area contributed by atoms with Crippen molar-refractivity contribution in [2.24, 2.45) is 0 Å². The average molecular weight is 323 g/mol. The largest absolute Gasteiger partial charge is 0.347 e. The summed E-state index contributed by atoms with van der Waals surface area (Å²) in [4.78, 5) is 13.2. The molecule has 2 aromatic rings. The molecule has 2 heterocycles. The van der Waals surface area contributed by atoms with Crippen LogP contribution in [0.2, 0.25) is 0 Å². The lowest BCUT2D eigenvalue weighted by Gasteiger charge is -2.23. The first-order valence-electron chi connectivity index (χ1n) is 6.99. The zero-order valence-electron chi connectivity index (χ0n) is 11.7. The van der Waals surface area contributed by atoms with E-state index in [0.29, 0.717) is 0 Å². The number of thiophene rings is 1. The molecule has 1 saturated heterocycles. The topological polar surface area (TPSA) is 41.1 Å². The lowest BCUT2D eigenvalue weighted by Crippen LogP contribution is -2.45. The molecule has 0 radical (unpaired) electrons. The fraction of sp³-hybridized carbons (Fsp3) is 0.312. The van der Waals surface area contributed by atoms with Crippen LogP contribution in [0.4, 0.5) is 0 Å². The molecular weight excluding hydrogens is 304 g/mol. The van der Waals surface area contributed by atoms with E-state index in [1.807, 2.05) is 41.8 Å². The van der Waals surface area contributed by atoms with Gasteiger partial charge in [0.25, 0.3) is 5.91 Å². The Labute approximate surface area is 135 Å². The Hall–Kier alpha value is -1.36. The predicted molar refractivity (Wildman–Crippen MR) is 90.4 cm³/mol. The predicted octanol–water partition coefficient (Wildman–Crippen LogP) is 3.32. The van der Waals surface area contributed by atoms with E-state index in [1.165, 1.54) is 11.3 Å². The van der Waals surface area contributed by atoms with Crippen LogP contribution in [0.5, 0.6) is 0 Å². The zero-order valence-corrected chi connectivity index (χ0v) is 13.3. The van der Waals surface area contributed by atoms with Gasteiger partial charge in [0.05, 0.1) is 4.88 Å². The first-order chi connectivity index (χ1) is 9.84. The van der Waals surface area contributed by atoms with Gasteiger partial charge in [-0.25, -0.2) is 0 Å². The molecule has 21 heavy (non-hydrogen) atoms. The van der Waals surface area contributed by atoms with E-state index >= 15 is 0 Å². The number of piperidine rings is 1. The molecule has 1 atom stereocenters. The van der Waals surface area contributed by atoms with Crippen molar-refractivity contribution in [2.75, 3.05) is 13.1 Å². The Morgan fingerprint density at radius 2 is 2.05 bits per heavy atom. The molecule has 0 saturated carbocycles. The highest BCUT2D eigenvalue weighted by molar-refractivity contribution is 7.12. The average Bonchev–Trinajstić information content (AvgIpc) is 2.99. The highest BCUT2D eigenvalue weighted by atomic mass is 35.5. The van der Waals surface area contributed by atoms with Crippen LogP contribution in [0.3, 0.4) is 0 Å². The molecule has 5 heteroatoms. The van der Waals surface area contributed by atoms with E-state index in [4.69, 9.17) is 0 Å². The lowest BCUT2D eigenvalue weighted by atomic mass is 10.1. The van der Waals surface area contributed by atoms with Crippen molar-refractivity contribution in [3.05, 3.63) is 46.7 Å². The Balaban J connectivity index is 0.00000161. The summed E-state index contributed by atoms with van der Waals surface area (Å²) in [7, 11) is 0. The molecule has 0 aliphatic carbocycles. The van der Waals surface area contributed by atoms with Crippen LogP contribution < -0.4 is 10.6 Å². The van der Waals surface area contributed by atoms with Crippen LogP contribution >= 0.6 is 23.7 Å². The minimum absolute atomic E-state index is 0. The van der Waals surface area contributed by atoms with E-state index in [0.717, 1.165) is 41.9 Å². The van der Waals surface area contributed by atoms with Crippen LogP contribution in [0.1, 0.15) is 22.5 Å². The van der Waals surface area contributed by atoms with Gasteiger partial charge in [0.1, 0.15) is 0 Å². The Morgan fingerprint density at radius 1 is 1.24 bits per heavy atom. The third-order valence-electron chi connectivity index (χ3n) is 3.59. The first kappa shape index (κ1) is 16.0. The summed E-state index contributed by atoms with van der Waals surface area (Å²) < 4.78 is 0. The molecule has 112 valence electrons. The highest BCUT2D eigenvalue weighted by Gasteiger charge is 2.19. The Bertz CT molecular complexity index is 579. The van der Waals surface area contributed by atoms with Gasteiger partial charge in [0.15, 0.2) is 0 Å².